The van der Waals surface area contributed by atoms with Crippen LogP contribution in [0.1, 0.15) is 36.6 Å². The van der Waals surface area contributed by atoms with Crippen molar-refractivity contribution in [3.63, 3.8) is 0 Å². The number of benzene rings is 1. The normalized spacial score (nSPS) is 17.2. The van der Waals surface area contributed by atoms with Gasteiger partial charge in [0.15, 0.2) is 5.82 Å². The van der Waals surface area contributed by atoms with Gasteiger partial charge in [0.05, 0.1) is 5.69 Å². The predicted molar refractivity (Wildman–Crippen MR) is 110 cm³/mol. The number of hydrogen-bond acceptors (Lipinski definition) is 5. The number of aliphatic hydroxyl groups excluding tert-OH is 1. The van der Waals surface area contributed by atoms with Gasteiger partial charge >= 0.3 is 0 Å². The molecular formula is C22H25N5O2. The molecule has 0 bridgehead atoms. The Balaban J connectivity index is 1.73. The number of aromatic nitrogens is 4. The van der Waals surface area contributed by atoms with Gasteiger partial charge in [-0.2, -0.15) is 0 Å². The molecule has 0 aliphatic carbocycles. The summed E-state index contributed by atoms with van der Waals surface area (Å²) in [5, 5.41) is 14.0. The van der Waals surface area contributed by atoms with Crippen molar-refractivity contribution in [3.8, 4) is 17.1 Å². The number of rotatable bonds is 4. The van der Waals surface area contributed by atoms with E-state index in [0.29, 0.717) is 18.9 Å². The van der Waals surface area contributed by atoms with E-state index in [1.165, 1.54) is 0 Å². The Morgan fingerprint density at radius 3 is 2.76 bits per heavy atom. The zero-order chi connectivity index (χ0) is 20.2. The minimum absolute atomic E-state index is 0.184. The lowest BCUT2D eigenvalue weighted by molar-refractivity contribution is -0.134. The number of hydrogen-bond donors (Lipinski definition) is 1. The second-order valence-electron chi connectivity index (χ2n) is 7.40. The summed E-state index contributed by atoms with van der Waals surface area (Å²) in [6.45, 7) is 2.87. The molecule has 7 nitrogen and oxygen atoms in total. The summed E-state index contributed by atoms with van der Waals surface area (Å²) in [4.78, 5) is 22.8. The van der Waals surface area contributed by atoms with E-state index in [-0.39, 0.29) is 11.8 Å². The predicted octanol–water partition coefficient (Wildman–Crippen LogP) is 2.73. The fourth-order valence-electron chi connectivity index (χ4n) is 3.88. The molecule has 1 aromatic carbocycles. The molecule has 1 fully saturated rings. The summed E-state index contributed by atoms with van der Waals surface area (Å²) >= 11 is 0. The van der Waals surface area contributed by atoms with E-state index >= 15 is 0 Å². The lowest BCUT2D eigenvalue weighted by Crippen LogP contribution is -2.34. The average Bonchev–Trinajstić information content (AvgIpc) is 3.05. The largest absolute Gasteiger partial charge is 0.387 e. The van der Waals surface area contributed by atoms with Gasteiger partial charge in [0.2, 0.25) is 5.91 Å². The van der Waals surface area contributed by atoms with Crippen LogP contribution in [0.2, 0.25) is 0 Å². The number of carbonyl (C=O) groups is 1. The molecule has 1 atom stereocenters. The van der Waals surface area contributed by atoms with Crippen molar-refractivity contribution < 1.29 is 9.90 Å². The number of likely N-dealkylation sites (tertiary alicyclic amines) is 1. The molecule has 1 amide bonds. The number of amides is 1. The minimum Gasteiger partial charge on any atom is -0.387 e. The monoisotopic (exact) mass is 391 g/mol. The quantitative estimate of drug-likeness (QED) is 0.739. The lowest BCUT2D eigenvalue weighted by Gasteiger charge is -2.19. The van der Waals surface area contributed by atoms with Gasteiger partial charge in [-0.15, -0.1) is 5.10 Å². The third-order valence-corrected chi connectivity index (χ3v) is 5.46. The first kappa shape index (κ1) is 19.3. The van der Waals surface area contributed by atoms with Crippen molar-refractivity contribution >= 4 is 5.91 Å². The molecule has 0 spiro atoms. The standard InChI is InChI=1S/C22H25N5O2/c1-16-14-23-11-9-19(16)27-22(24-21(25-27)17-6-3-2-4-7-17)18-8-5-12-26(13-10-18)20(29)15-28/h2-4,6-7,9,11,14,18,28H,5,8,10,12-13,15H2,1H3. The number of aliphatic hydroxyl groups is 1. The Bertz CT molecular complexity index is 986. The van der Waals surface area contributed by atoms with Gasteiger partial charge in [-0.25, -0.2) is 9.67 Å². The molecule has 1 aliphatic rings. The highest BCUT2D eigenvalue weighted by Crippen LogP contribution is 2.31. The van der Waals surface area contributed by atoms with Crippen LogP contribution in [0.15, 0.2) is 48.8 Å². The summed E-state index contributed by atoms with van der Waals surface area (Å²) in [5.74, 6) is 1.59. The Morgan fingerprint density at radius 2 is 2.00 bits per heavy atom. The van der Waals surface area contributed by atoms with Crippen molar-refractivity contribution in [3.05, 3.63) is 60.2 Å². The Morgan fingerprint density at radius 1 is 1.17 bits per heavy atom. The van der Waals surface area contributed by atoms with Crippen LogP contribution >= 0.6 is 0 Å². The van der Waals surface area contributed by atoms with E-state index in [9.17, 15) is 9.90 Å². The summed E-state index contributed by atoms with van der Waals surface area (Å²) in [6.07, 6.45) is 6.19. The lowest BCUT2D eigenvalue weighted by atomic mass is 9.99. The molecule has 4 rings (SSSR count). The molecule has 3 aromatic rings. The average molecular weight is 391 g/mol. The molecule has 150 valence electrons. The smallest absolute Gasteiger partial charge is 0.248 e. The first-order valence-electron chi connectivity index (χ1n) is 9.99. The summed E-state index contributed by atoms with van der Waals surface area (Å²) in [7, 11) is 0. The van der Waals surface area contributed by atoms with Crippen LogP contribution in [-0.4, -0.2) is 55.4 Å². The first-order chi connectivity index (χ1) is 14.2. The highest BCUT2D eigenvalue weighted by molar-refractivity contribution is 5.77. The van der Waals surface area contributed by atoms with Crippen LogP contribution < -0.4 is 0 Å². The van der Waals surface area contributed by atoms with Gasteiger partial charge in [-0.3, -0.25) is 9.78 Å². The topological polar surface area (TPSA) is 84.1 Å². The zero-order valence-corrected chi connectivity index (χ0v) is 16.5. The Labute approximate surface area is 170 Å². The third-order valence-electron chi connectivity index (χ3n) is 5.46. The van der Waals surface area contributed by atoms with Gasteiger partial charge in [0.1, 0.15) is 12.4 Å². The zero-order valence-electron chi connectivity index (χ0n) is 16.5. The number of nitrogens with zero attached hydrogens (tertiary/aromatic N) is 5. The van der Waals surface area contributed by atoms with Crippen molar-refractivity contribution in [1.82, 2.24) is 24.6 Å². The molecular weight excluding hydrogens is 366 g/mol. The fraction of sp³-hybridized carbons (Fsp3) is 0.364. The second-order valence-corrected chi connectivity index (χ2v) is 7.40. The SMILES string of the molecule is Cc1cnccc1-n1nc(-c2ccccc2)nc1C1CCCN(C(=O)CO)CC1. The van der Waals surface area contributed by atoms with Gasteiger partial charge in [0, 0.05) is 37.0 Å². The van der Waals surface area contributed by atoms with Crippen molar-refractivity contribution in [1.29, 1.82) is 0 Å². The van der Waals surface area contributed by atoms with E-state index in [1.807, 2.05) is 54.2 Å². The maximum atomic E-state index is 11.9. The Kier molecular flexibility index (Phi) is 5.67. The van der Waals surface area contributed by atoms with Crippen LogP contribution in [-0.2, 0) is 4.79 Å². The number of pyridine rings is 1. The summed E-state index contributed by atoms with van der Waals surface area (Å²) in [5.41, 5.74) is 2.98. The van der Waals surface area contributed by atoms with Gasteiger partial charge < -0.3 is 10.0 Å². The van der Waals surface area contributed by atoms with E-state index in [4.69, 9.17) is 10.1 Å². The maximum Gasteiger partial charge on any atom is 0.248 e. The molecule has 1 aliphatic heterocycles. The molecule has 0 radical (unpaired) electrons. The van der Waals surface area contributed by atoms with Crippen LogP contribution in [0.4, 0.5) is 0 Å². The van der Waals surface area contributed by atoms with Crippen LogP contribution in [0.25, 0.3) is 17.1 Å². The number of carbonyl (C=O) groups excluding carboxylic acids is 1. The summed E-state index contributed by atoms with van der Waals surface area (Å²) < 4.78 is 1.94. The van der Waals surface area contributed by atoms with Crippen molar-refractivity contribution in [2.24, 2.45) is 0 Å². The van der Waals surface area contributed by atoms with E-state index in [0.717, 1.165) is 41.9 Å². The van der Waals surface area contributed by atoms with E-state index < -0.39 is 6.61 Å². The molecule has 1 saturated heterocycles. The summed E-state index contributed by atoms with van der Waals surface area (Å²) in [6, 6.07) is 11.9. The third kappa shape index (κ3) is 4.05. The molecule has 0 saturated carbocycles. The second kappa shape index (κ2) is 8.53. The highest BCUT2D eigenvalue weighted by atomic mass is 16.3. The molecule has 3 heterocycles. The molecule has 1 unspecified atom stereocenters. The van der Waals surface area contributed by atoms with Crippen LogP contribution in [0.3, 0.4) is 0 Å². The van der Waals surface area contributed by atoms with Gasteiger partial charge in [-0.05, 0) is 37.8 Å². The van der Waals surface area contributed by atoms with E-state index in [1.54, 1.807) is 11.1 Å². The minimum atomic E-state index is -0.435. The molecule has 7 heteroatoms. The van der Waals surface area contributed by atoms with Crippen molar-refractivity contribution in [2.45, 2.75) is 32.1 Å². The maximum absolute atomic E-state index is 11.9. The van der Waals surface area contributed by atoms with Gasteiger partial charge in [-0.1, -0.05) is 30.3 Å². The highest BCUT2D eigenvalue weighted by Gasteiger charge is 2.26. The fourth-order valence-corrected chi connectivity index (χ4v) is 3.88. The molecule has 1 N–H and O–H groups in total. The van der Waals surface area contributed by atoms with Crippen LogP contribution in [0, 0.1) is 6.92 Å². The molecule has 2 aromatic heterocycles. The van der Waals surface area contributed by atoms with Crippen LogP contribution in [0.5, 0.6) is 0 Å². The van der Waals surface area contributed by atoms with Gasteiger partial charge in [0.25, 0.3) is 0 Å². The molecule has 29 heavy (non-hydrogen) atoms. The van der Waals surface area contributed by atoms with E-state index in [2.05, 4.69) is 4.98 Å². The van der Waals surface area contributed by atoms with Crippen molar-refractivity contribution in [2.75, 3.05) is 19.7 Å². The number of aryl methyl sites for hydroxylation is 1. The first-order valence-corrected chi connectivity index (χ1v) is 9.99. The Hall–Kier alpha value is -3.06.